The molecule has 0 atom stereocenters. The van der Waals surface area contributed by atoms with Crippen LogP contribution in [0.15, 0.2) is 46.0 Å². The lowest BCUT2D eigenvalue weighted by molar-refractivity contribution is 0.372. The minimum absolute atomic E-state index is 0.0590. The maximum Gasteiger partial charge on any atom is 0.172 e. The summed E-state index contributed by atoms with van der Waals surface area (Å²) >= 11 is 9.26. The largest absolute Gasteiger partial charge is 0.503 e. The van der Waals surface area contributed by atoms with Gasteiger partial charge in [0.15, 0.2) is 11.5 Å². The van der Waals surface area contributed by atoms with Crippen molar-refractivity contribution in [3.05, 3.63) is 51.5 Å². The molecule has 0 spiro atoms. The molecule has 0 heterocycles. The summed E-state index contributed by atoms with van der Waals surface area (Å²) in [5.74, 6) is 0.433. The van der Waals surface area contributed by atoms with Crippen molar-refractivity contribution < 1.29 is 9.84 Å². The minimum atomic E-state index is 0.0590. The molecule has 0 aliphatic rings. The topological polar surface area (TPSA) is 53.8 Å². The van der Waals surface area contributed by atoms with Crippen LogP contribution in [-0.4, -0.2) is 18.4 Å². The van der Waals surface area contributed by atoms with E-state index >= 15 is 0 Å². The smallest absolute Gasteiger partial charge is 0.172 e. The van der Waals surface area contributed by atoms with Crippen molar-refractivity contribution in [1.82, 2.24) is 0 Å². The number of phenolic OH excluding ortho intramolecular Hbond substituents is 1. The van der Waals surface area contributed by atoms with E-state index in [1.807, 2.05) is 18.2 Å². The summed E-state index contributed by atoms with van der Waals surface area (Å²) in [6, 6.07) is 10.7. The van der Waals surface area contributed by atoms with Gasteiger partial charge in [0, 0.05) is 0 Å². The summed E-state index contributed by atoms with van der Waals surface area (Å²) in [5, 5.41) is 14.4. The second kappa shape index (κ2) is 6.63. The van der Waals surface area contributed by atoms with Crippen LogP contribution in [0.25, 0.3) is 0 Å². The number of hydrogen-bond donors (Lipinski definition) is 2. The van der Waals surface area contributed by atoms with E-state index in [1.165, 1.54) is 7.11 Å². The summed E-state index contributed by atoms with van der Waals surface area (Å²) in [7, 11) is 1.49. The van der Waals surface area contributed by atoms with Crippen LogP contribution in [0.4, 0.5) is 5.69 Å². The maximum atomic E-state index is 9.71. The maximum absolute atomic E-state index is 9.71. The Bertz CT molecular complexity index is 647. The van der Waals surface area contributed by atoms with E-state index in [0.29, 0.717) is 15.2 Å². The molecule has 20 heavy (non-hydrogen) atoms. The zero-order chi connectivity index (χ0) is 14.5. The van der Waals surface area contributed by atoms with Crippen LogP contribution >= 0.6 is 27.5 Å². The molecule has 0 unspecified atom stereocenters. The Morgan fingerprint density at radius 3 is 2.80 bits per heavy atom. The standard InChI is InChI=1S/C14H12BrClN2O2/c1-20-13-7-9(6-10(15)14(13)19)8-17-18-12-5-3-2-4-11(12)16/h2-8,18-19H,1H3. The Balaban J connectivity index is 2.16. The van der Waals surface area contributed by atoms with Crippen molar-refractivity contribution in [2.75, 3.05) is 12.5 Å². The number of anilines is 1. The fraction of sp³-hybridized carbons (Fsp3) is 0.0714. The van der Waals surface area contributed by atoms with E-state index in [-0.39, 0.29) is 5.75 Å². The van der Waals surface area contributed by atoms with Crippen LogP contribution in [0.3, 0.4) is 0 Å². The van der Waals surface area contributed by atoms with Gasteiger partial charge in [0.1, 0.15) is 0 Å². The zero-order valence-electron chi connectivity index (χ0n) is 10.6. The average molecular weight is 356 g/mol. The van der Waals surface area contributed by atoms with Gasteiger partial charge in [-0.1, -0.05) is 23.7 Å². The van der Waals surface area contributed by atoms with Crippen LogP contribution in [-0.2, 0) is 0 Å². The Kier molecular flexibility index (Phi) is 4.87. The first-order valence-electron chi connectivity index (χ1n) is 5.72. The minimum Gasteiger partial charge on any atom is -0.503 e. The van der Waals surface area contributed by atoms with Gasteiger partial charge in [0.05, 0.1) is 28.5 Å². The van der Waals surface area contributed by atoms with Gasteiger partial charge in [-0.2, -0.15) is 5.10 Å². The fourth-order valence-corrected chi connectivity index (χ4v) is 2.19. The summed E-state index contributed by atoms with van der Waals surface area (Å²) < 4.78 is 5.61. The molecule has 0 bridgehead atoms. The Morgan fingerprint density at radius 1 is 1.35 bits per heavy atom. The number of methoxy groups -OCH3 is 1. The monoisotopic (exact) mass is 354 g/mol. The van der Waals surface area contributed by atoms with E-state index in [0.717, 1.165) is 11.3 Å². The van der Waals surface area contributed by atoms with Gasteiger partial charge in [-0.15, -0.1) is 0 Å². The molecule has 0 aliphatic heterocycles. The third-order valence-electron chi connectivity index (χ3n) is 2.54. The van der Waals surface area contributed by atoms with Gasteiger partial charge in [0.25, 0.3) is 0 Å². The third-order valence-corrected chi connectivity index (χ3v) is 3.48. The van der Waals surface area contributed by atoms with Crippen molar-refractivity contribution in [2.24, 2.45) is 5.10 Å². The van der Waals surface area contributed by atoms with Crippen LogP contribution in [0, 0.1) is 0 Å². The van der Waals surface area contributed by atoms with E-state index in [9.17, 15) is 5.11 Å². The predicted molar refractivity (Wildman–Crippen MR) is 85.0 cm³/mol. The van der Waals surface area contributed by atoms with Gasteiger partial charge < -0.3 is 9.84 Å². The molecule has 2 N–H and O–H groups in total. The van der Waals surface area contributed by atoms with Gasteiger partial charge >= 0.3 is 0 Å². The first-order chi connectivity index (χ1) is 9.61. The van der Waals surface area contributed by atoms with Crippen LogP contribution in [0.1, 0.15) is 5.56 Å². The number of hydrazone groups is 1. The molecule has 2 aromatic rings. The predicted octanol–water partition coefficient (Wildman–Crippen LogP) is 4.26. The van der Waals surface area contributed by atoms with Crippen molar-refractivity contribution in [3.63, 3.8) is 0 Å². The molecule has 2 aromatic carbocycles. The fourth-order valence-electron chi connectivity index (χ4n) is 1.55. The Labute approximate surface area is 130 Å². The lowest BCUT2D eigenvalue weighted by atomic mass is 10.2. The molecule has 0 fully saturated rings. The number of nitrogens with zero attached hydrogens (tertiary/aromatic N) is 1. The zero-order valence-corrected chi connectivity index (χ0v) is 12.9. The average Bonchev–Trinajstić information content (AvgIpc) is 2.44. The number of nitrogens with one attached hydrogen (secondary N) is 1. The molecule has 0 amide bonds. The second-order valence-corrected chi connectivity index (χ2v) is 5.16. The number of phenols is 1. The molecule has 0 saturated carbocycles. The van der Waals surface area contributed by atoms with Crippen molar-refractivity contribution in [3.8, 4) is 11.5 Å². The number of hydrogen-bond acceptors (Lipinski definition) is 4. The van der Waals surface area contributed by atoms with Gasteiger partial charge in [-0.25, -0.2) is 0 Å². The first-order valence-corrected chi connectivity index (χ1v) is 6.89. The normalized spacial score (nSPS) is 10.8. The van der Waals surface area contributed by atoms with Crippen molar-refractivity contribution in [1.29, 1.82) is 0 Å². The molecule has 104 valence electrons. The molecule has 0 radical (unpaired) electrons. The molecule has 0 aliphatic carbocycles. The van der Waals surface area contributed by atoms with Gasteiger partial charge in [0.2, 0.25) is 0 Å². The highest BCUT2D eigenvalue weighted by Crippen LogP contribution is 2.34. The lowest BCUT2D eigenvalue weighted by Gasteiger charge is -2.06. The van der Waals surface area contributed by atoms with Crippen LogP contribution in [0.2, 0.25) is 5.02 Å². The molecular formula is C14H12BrClN2O2. The number of ether oxygens (including phenoxy) is 1. The SMILES string of the molecule is COc1cc(C=NNc2ccccc2Cl)cc(Br)c1O. The molecule has 6 heteroatoms. The van der Waals surface area contributed by atoms with E-state index in [1.54, 1.807) is 24.4 Å². The van der Waals surface area contributed by atoms with Crippen LogP contribution < -0.4 is 10.2 Å². The number of halogens is 2. The van der Waals surface area contributed by atoms with Crippen molar-refractivity contribution in [2.45, 2.75) is 0 Å². The lowest BCUT2D eigenvalue weighted by Crippen LogP contribution is -1.93. The molecule has 2 rings (SSSR count). The first kappa shape index (κ1) is 14.7. The highest BCUT2D eigenvalue weighted by atomic mass is 79.9. The molecule has 0 aromatic heterocycles. The summed E-state index contributed by atoms with van der Waals surface area (Å²) in [6.45, 7) is 0. The Morgan fingerprint density at radius 2 is 2.10 bits per heavy atom. The second-order valence-electron chi connectivity index (χ2n) is 3.90. The number of rotatable bonds is 4. The highest BCUT2D eigenvalue weighted by Gasteiger charge is 2.07. The quantitative estimate of drug-likeness (QED) is 0.636. The molecular weight excluding hydrogens is 344 g/mol. The summed E-state index contributed by atoms with van der Waals surface area (Å²) in [6.07, 6.45) is 1.61. The highest BCUT2D eigenvalue weighted by molar-refractivity contribution is 9.10. The van der Waals surface area contributed by atoms with Crippen LogP contribution in [0.5, 0.6) is 11.5 Å². The molecule has 0 saturated heterocycles. The summed E-state index contributed by atoms with van der Waals surface area (Å²) in [4.78, 5) is 0. The Hall–Kier alpha value is -1.72. The number of para-hydroxylation sites is 1. The van der Waals surface area contributed by atoms with Gasteiger partial charge in [-0.3, -0.25) is 5.43 Å². The third kappa shape index (κ3) is 3.43. The van der Waals surface area contributed by atoms with Gasteiger partial charge in [-0.05, 0) is 45.8 Å². The number of benzene rings is 2. The molecule has 4 nitrogen and oxygen atoms in total. The summed E-state index contributed by atoms with van der Waals surface area (Å²) in [5.41, 5.74) is 4.34. The number of aromatic hydroxyl groups is 1. The van der Waals surface area contributed by atoms with E-state index < -0.39 is 0 Å². The van der Waals surface area contributed by atoms with E-state index in [4.69, 9.17) is 16.3 Å². The van der Waals surface area contributed by atoms with E-state index in [2.05, 4.69) is 26.5 Å². The van der Waals surface area contributed by atoms with Crippen molar-refractivity contribution >= 4 is 39.4 Å².